The number of likely N-dealkylation sites (N-methyl/N-ethyl adjacent to an activating group) is 1. The molecule has 5 rings (SSSR count). The highest BCUT2D eigenvalue weighted by atomic mass is 16.1. The van der Waals surface area contributed by atoms with Crippen LogP contribution in [0.5, 0.6) is 0 Å². The van der Waals surface area contributed by atoms with Crippen LogP contribution in [0.2, 0.25) is 0 Å². The molecule has 0 saturated carbocycles. The van der Waals surface area contributed by atoms with Gasteiger partial charge in [0.2, 0.25) is 5.95 Å². The van der Waals surface area contributed by atoms with Gasteiger partial charge in [0.25, 0.3) is 11.1 Å². The summed E-state index contributed by atoms with van der Waals surface area (Å²) < 4.78 is 4.49. The number of nitrogens with one attached hydrogen (secondary N) is 1. The first-order valence-electron chi connectivity index (χ1n) is 13.2. The molecule has 39 heavy (non-hydrogen) atoms. The van der Waals surface area contributed by atoms with Crippen molar-refractivity contribution in [2.75, 3.05) is 37.4 Å². The number of anilines is 3. The zero-order valence-electron chi connectivity index (χ0n) is 23.1. The van der Waals surface area contributed by atoms with Gasteiger partial charge in [-0.1, -0.05) is 6.08 Å². The first-order chi connectivity index (χ1) is 18.7. The van der Waals surface area contributed by atoms with Crippen molar-refractivity contribution in [1.29, 1.82) is 0 Å². The lowest BCUT2D eigenvalue weighted by Gasteiger charge is -2.23. The molecule has 1 aliphatic rings. The molecule has 3 aromatic heterocycles. The number of benzene rings is 1. The van der Waals surface area contributed by atoms with Crippen LogP contribution in [0.1, 0.15) is 31.9 Å². The number of allylic oxidation sites excluding steroid dienone is 1. The maximum Gasteiger partial charge on any atom is 0.278 e. The Bertz CT molecular complexity index is 1650. The second-order valence-corrected chi connectivity index (χ2v) is 10.5. The van der Waals surface area contributed by atoms with Crippen LogP contribution in [-0.2, 0) is 6.54 Å². The van der Waals surface area contributed by atoms with E-state index in [1.54, 1.807) is 16.8 Å². The van der Waals surface area contributed by atoms with Crippen molar-refractivity contribution in [2.45, 2.75) is 45.8 Å². The molecule has 0 spiro atoms. The largest absolute Gasteiger partial charge is 0.370 e. The predicted molar refractivity (Wildman–Crippen MR) is 155 cm³/mol. The number of aryl methyl sites for hydroxylation is 1. The molecule has 0 aliphatic carbocycles. The first-order valence-corrected chi connectivity index (χ1v) is 13.2. The Hall–Kier alpha value is -4.25. The molecule has 1 aromatic carbocycles. The van der Waals surface area contributed by atoms with Crippen molar-refractivity contribution in [2.24, 2.45) is 0 Å². The standard InChI is InChI=1S/C28H35N9O2/c1-7-13-35-27(39)22-16-29-28(31-26(22)37(35)24-10-11-25(38)36(32-24)18(2)3)30-20-8-9-23(19(4)15-20)34-14-12-21(17-34)33(5)6/h7-11,15-16,18,21H,1,12-14,17H2,2-6H3,(H,29,30,31)/t21-/m1/s1. The van der Waals surface area contributed by atoms with Crippen LogP contribution in [0.4, 0.5) is 17.3 Å². The lowest BCUT2D eigenvalue weighted by atomic mass is 10.1. The van der Waals surface area contributed by atoms with Gasteiger partial charge in [-0.3, -0.25) is 9.59 Å². The molecule has 1 saturated heterocycles. The maximum absolute atomic E-state index is 13.2. The molecular formula is C28H35N9O2. The van der Waals surface area contributed by atoms with Crippen molar-refractivity contribution in [3.8, 4) is 5.82 Å². The molecule has 4 aromatic rings. The van der Waals surface area contributed by atoms with Gasteiger partial charge in [0.15, 0.2) is 11.5 Å². The predicted octanol–water partition coefficient (Wildman–Crippen LogP) is 3.10. The summed E-state index contributed by atoms with van der Waals surface area (Å²) in [6, 6.07) is 9.69. The van der Waals surface area contributed by atoms with E-state index in [-0.39, 0.29) is 23.7 Å². The average molecular weight is 530 g/mol. The van der Waals surface area contributed by atoms with Crippen molar-refractivity contribution in [3.05, 3.63) is 75.5 Å². The van der Waals surface area contributed by atoms with Crippen LogP contribution in [0.3, 0.4) is 0 Å². The summed E-state index contributed by atoms with van der Waals surface area (Å²) in [5.74, 6) is 0.758. The van der Waals surface area contributed by atoms with E-state index in [9.17, 15) is 9.59 Å². The number of hydrogen-bond acceptors (Lipinski definition) is 8. The highest BCUT2D eigenvalue weighted by Gasteiger charge is 2.25. The van der Waals surface area contributed by atoms with Crippen molar-refractivity contribution in [1.82, 2.24) is 34.0 Å². The summed E-state index contributed by atoms with van der Waals surface area (Å²) in [6.07, 6.45) is 4.30. The van der Waals surface area contributed by atoms with E-state index in [0.29, 0.717) is 28.8 Å². The van der Waals surface area contributed by atoms with E-state index < -0.39 is 0 Å². The average Bonchev–Trinajstić information content (AvgIpc) is 3.48. The molecule has 204 valence electrons. The SMILES string of the molecule is C=CCn1c(=O)c2cnc(Nc3ccc(N4CC[C@@H](N(C)C)C4)c(C)c3)nc2n1-c1ccc(=O)n(C(C)C)n1. The fourth-order valence-corrected chi connectivity index (χ4v) is 5.11. The first kappa shape index (κ1) is 26.4. The van der Waals surface area contributed by atoms with Crippen LogP contribution in [0, 0.1) is 6.92 Å². The van der Waals surface area contributed by atoms with Gasteiger partial charge >= 0.3 is 0 Å². The fraction of sp³-hybridized carbons (Fsp3) is 0.393. The third kappa shape index (κ3) is 4.97. The highest BCUT2D eigenvalue weighted by Crippen LogP contribution is 2.29. The smallest absolute Gasteiger partial charge is 0.278 e. The molecule has 0 bridgehead atoms. The number of hydrogen-bond donors (Lipinski definition) is 1. The molecule has 0 amide bonds. The third-order valence-electron chi connectivity index (χ3n) is 7.18. The van der Waals surface area contributed by atoms with Gasteiger partial charge < -0.3 is 15.1 Å². The molecule has 0 unspecified atom stereocenters. The Morgan fingerprint density at radius 2 is 2.00 bits per heavy atom. The highest BCUT2D eigenvalue weighted by molar-refractivity contribution is 5.77. The Morgan fingerprint density at radius 1 is 1.21 bits per heavy atom. The van der Waals surface area contributed by atoms with E-state index in [2.05, 4.69) is 64.9 Å². The quantitative estimate of drug-likeness (QED) is 0.347. The van der Waals surface area contributed by atoms with Crippen LogP contribution < -0.4 is 21.3 Å². The monoisotopic (exact) mass is 529 g/mol. The molecular weight excluding hydrogens is 494 g/mol. The van der Waals surface area contributed by atoms with E-state index in [1.807, 2.05) is 19.9 Å². The summed E-state index contributed by atoms with van der Waals surface area (Å²) in [5, 5.41) is 8.16. The van der Waals surface area contributed by atoms with Gasteiger partial charge in [-0.05, 0) is 71.1 Å². The number of nitrogens with zero attached hydrogens (tertiary/aromatic N) is 8. The zero-order chi connectivity index (χ0) is 27.8. The molecule has 0 radical (unpaired) electrons. The second kappa shape index (κ2) is 10.5. The zero-order valence-corrected chi connectivity index (χ0v) is 23.1. The van der Waals surface area contributed by atoms with Crippen molar-refractivity contribution >= 4 is 28.4 Å². The summed E-state index contributed by atoms with van der Waals surface area (Å²) in [6.45, 7) is 11.9. The third-order valence-corrected chi connectivity index (χ3v) is 7.18. The summed E-state index contributed by atoms with van der Waals surface area (Å²) in [5.41, 5.74) is 3.15. The minimum atomic E-state index is -0.262. The minimum absolute atomic E-state index is 0.147. The lowest BCUT2D eigenvalue weighted by Crippen LogP contribution is -2.31. The van der Waals surface area contributed by atoms with E-state index in [4.69, 9.17) is 4.98 Å². The molecule has 11 nitrogen and oxygen atoms in total. The Labute approximate surface area is 227 Å². The second-order valence-electron chi connectivity index (χ2n) is 10.5. The molecule has 1 atom stereocenters. The number of fused-ring (bicyclic) bond motifs is 1. The molecule has 1 aliphatic heterocycles. The van der Waals surface area contributed by atoms with Gasteiger partial charge in [-0.25, -0.2) is 19.0 Å². The molecule has 1 N–H and O–H groups in total. The Morgan fingerprint density at radius 3 is 2.67 bits per heavy atom. The van der Waals surface area contributed by atoms with Crippen molar-refractivity contribution in [3.63, 3.8) is 0 Å². The number of aromatic nitrogens is 6. The van der Waals surface area contributed by atoms with Crippen LogP contribution in [0.15, 0.2) is 58.8 Å². The summed E-state index contributed by atoms with van der Waals surface area (Å²) >= 11 is 0. The van der Waals surface area contributed by atoms with Gasteiger partial charge in [-0.2, -0.15) is 4.98 Å². The topological polar surface area (TPSA) is 106 Å². The lowest BCUT2D eigenvalue weighted by molar-refractivity contribution is 0.315. The van der Waals surface area contributed by atoms with Gasteiger partial charge in [0.1, 0.15) is 5.39 Å². The minimum Gasteiger partial charge on any atom is -0.370 e. The van der Waals surface area contributed by atoms with Gasteiger partial charge in [0, 0.05) is 42.8 Å². The Kier molecular flexibility index (Phi) is 7.09. The molecule has 11 heteroatoms. The summed E-state index contributed by atoms with van der Waals surface area (Å²) in [7, 11) is 4.26. The van der Waals surface area contributed by atoms with Crippen LogP contribution in [0.25, 0.3) is 16.9 Å². The normalized spacial score (nSPS) is 15.6. The van der Waals surface area contributed by atoms with Gasteiger partial charge in [0.05, 0.1) is 12.6 Å². The maximum atomic E-state index is 13.2. The molecule has 1 fully saturated rings. The van der Waals surface area contributed by atoms with E-state index >= 15 is 0 Å². The van der Waals surface area contributed by atoms with E-state index in [1.165, 1.54) is 27.3 Å². The number of rotatable bonds is 8. The van der Waals surface area contributed by atoms with Crippen molar-refractivity contribution < 1.29 is 0 Å². The van der Waals surface area contributed by atoms with Crippen LogP contribution in [-0.4, -0.2) is 67.2 Å². The summed E-state index contributed by atoms with van der Waals surface area (Å²) in [4.78, 5) is 39.4. The Balaban J connectivity index is 1.51. The van der Waals surface area contributed by atoms with Gasteiger partial charge in [-0.15, -0.1) is 11.7 Å². The fourth-order valence-electron chi connectivity index (χ4n) is 5.11. The van der Waals surface area contributed by atoms with E-state index in [0.717, 1.165) is 30.8 Å². The van der Waals surface area contributed by atoms with Crippen LogP contribution >= 0.6 is 0 Å². The molecule has 4 heterocycles.